The van der Waals surface area contributed by atoms with Gasteiger partial charge in [-0.1, -0.05) is 47.2 Å². The van der Waals surface area contributed by atoms with Crippen LogP contribution in [-0.4, -0.2) is 71.6 Å². The highest BCUT2D eigenvalue weighted by Crippen LogP contribution is 2.41. The minimum Gasteiger partial charge on any atom is -0.481 e. The predicted octanol–water partition coefficient (Wildman–Crippen LogP) is 6.52. The number of carboxylic acid groups (broad SMARTS) is 1. The molecule has 0 saturated carbocycles. The van der Waals surface area contributed by atoms with E-state index < -0.39 is 11.6 Å². The molecule has 9 heteroatoms. The molecule has 1 saturated heterocycles. The molecule has 2 heterocycles. The van der Waals surface area contributed by atoms with Crippen molar-refractivity contribution in [2.45, 2.75) is 52.7 Å². The number of carboxylic acids is 1. The van der Waals surface area contributed by atoms with E-state index in [-0.39, 0.29) is 12.5 Å². The van der Waals surface area contributed by atoms with E-state index in [2.05, 4.69) is 65.5 Å². The highest BCUT2D eigenvalue weighted by Gasteiger charge is 2.29. The third kappa shape index (κ3) is 7.79. The second-order valence-electron chi connectivity index (χ2n) is 12.2. The number of piperazine rings is 1. The lowest BCUT2D eigenvalue weighted by molar-refractivity contribution is -0.136. The van der Waals surface area contributed by atoms with Gasteiger partial charge < -0.3 is 25.8 Å². The first-order valence-electron chi connectivity index (χ1n) is 14.5. The number of benzene rings is 3. The van der Waals surface area contributed by atoms with Crippen LogP contribution < -0.4 is 10.2 Å². The summed E-state index contributed by atoms with van der Waals surface area (Å²) in [6, 6.07) is 16.8. The number of fused-ring (bicyclic) bond motifs is 1. The number of hydrogen-bond acceptors (Lipinski definition) is 8. The van der Waals surface area contributed by atoms with E-state index in [1.807, 2.05) is 26.1 Å². The fraction of sp³-hybridized carbons (Fsp3) is 0.382. The van der Waals surface area contributed by atoms with Crippen LogP contribution in [0.4, 0.5) is 10.8 Å². The Morgan fingerprint density at radius 3 is 2.42 bits per heavy atom. The maximum absolute atomic E-state index is 11.8. The molecule has 1 atom stereocenters. The lowest BCUT2D eigenvalue weighted by Gasteiger charge is -2.39. The summed E-state index contributed by atoms with van der Waals surface area (Å²) in [6.07, 6.45) is 1.37. The molecule has 4 N–H and O–H groups in total. The number of aliphatic carboxylic acids is 1. The molecule has 0 aliphatic carbocycles. The van der Waals surface area contributed by atoms with Crippen LogP contribution in [0.2, 0.25) is 0 Å². The van der Waals surface area contributed by atoms with Crippen LogP contribution in [0, 0.1) is 19.3 Å². The molecular formula is C34H43N5O3S. The number of nitrogens with one attached hydrogen (secondary N) is 2. The summed E-state index contributed by atoms with van der Waals surface area (Å²) in [4.78, 5) is 21.6. The van der Waals surface area contributed by atoms with E-state index in [4.69, 9.17) is 15.5 Å². The number of likely N-dealkylation sites (N-methyl/N-ethyl adjacent to an activating group) is 1. The van der Waals surface area contributed by atoms with Gasteiger partial charge in [-0.25, -0.2) is 4.98 Å². The van der Waals surface area contributed by atoms with Crippen molar-refractivity contribution in [2.75, 3.05) is 43.9 Å². The maximum atomic E-state index is 11.8. The average Bonchev–Trinajstić information content (AvgIpc) is 3.36. The number of thiazole rings is 1. The van der Waals surface area contributed by atoms with Crippen LogP contribution in [0.15, 0.2) is 48.5 Å². The molecule has 0 radical (unpaired) electrons. The van der Waals surface area contributed by atoms with Gasteiger partial charge in [-0.05, 0) is 82.1 Å². The summed E-state index contributed by atoms with van der Waals surface area (Å²) in [5.41, 5.74) is 8.38. The third-order valence-electron chi connectivity index (χ3n) is 7.47. The molecule has 0 bridgehead atoms. The zero-order chi connectivity index (χ0) is 31.5. The first-order valence-corrected chi connectivity index (χ1v) is 15.3. The molecule has 228 valence electrons. The molecule has 8 nitrogen and oxygen atoms in total. The molecule has 1 fully saturated rings. The van der Waals surface area contributed by atoms with E-state index >= 15 is 0 Å². The van der Waals surface area contributed by atoms with Crippen molar-refractivity contribution in [1.82, 2.24) is 9.88 Å². The molecule has 1 aliphatic heterocycles. The second kappa shape index (κ2) is 13.2. The number of nitrogens with zero attached hydrogens (tertiary/aromatic N) is 3. The fourth-order valence-electron chi connectivity index (χ4n) is 5.31. The van der Waals surface area contributed by atoms with Gasteiger partial charge in [0.05, 0.1) is 28.3 Å². The molecular weight excluding hydrogens is 558 g/mol. The van der Waals surface area contributed by atoms with Crippen molar-refractivity contribution in [1.29, 1.82) is 5.41 Å². The zero-order valence-corrected chi connectivity index (χ0v) is 27.0. The van der Waals surface area contributed by atoms with Gasteiger partial charge in [0, 0.05) is 49.7 Å². The van der Waals surface area contributed by atoms with Crippen molar-refractivity contribution in [3.63, 3.8) is 0 Å². The number of anilines is 2. The highest BCUT2D eigenvalue weighted by molar-refractivity contribution is 7.22. The predicted molar refractivity (Wildman–Crippen MR) is 179 cm³/mol. The fourth-order valence-corrected chi connectivity index (χ4v) is 6.48. The molecule has 1 aromatic heterocycles. The quantitative estimate of drug-likeness (QED) is 0.179. The number of carbonyl (C=O) groups is 1. The Hall–Kier alpha value is -3.79. The van der Waals surface area contributed by atoms with Gasteiger partial charge in [-0.3, -0.25) is 9.69 Å². The van der Waals surface area contributed by atoms with Crippen LogP contribution in [0.25, 0.3) is 21.3 Å². The van der Waals surface area contributed by atoms with Gasteiger partial charge in [0.25, 0.3) is 0 Å². The Balaban J connectivity index is 0.000000782. The van der Waals surface area contributed by atoms with Crippen molar-refractivity contribution in [2.24, 2.45) is 0 Å². The molecule has 0 amide bonds. The Morgan fingerprint density at radius 2 is 1.81 bits per heavy atom. The SMILES string of the molecule is CC(C)(C)O.CNc1ccc(C2CN(c3nc4cc(C)c(CC(=O)O)c(-c5ccc(C)cc5)c4s3)CCN2C)cc1C=N. The van der Waals surface area contributed by atoms with E-state index in [1.54, 1.807) is 32.1 Å². The highest BCUT2D eigenvalue weighted by atomic mass is 32.1. The summed E-state index contributed by atoms with van der Waals surface area (Å²) in [6.45, 7) is 11.8. The van der Waals surface area contributed by atoms with E-state index in [1.165, 1.54) is 17.3 Å². The first-order chi connectivity index (χ1) is 20.3. The number of hydrogen-bond donors (Lipinski definition) is 4. The minimum absolute atomic E-state index is 0.0211. The number of aliphatic hydroxyl groups is 1. The first kappa shape index (κ1) is 32.1. The number of aromatic nitrogens is 1. The lowest BCUT2D eigenvalue weighted by atomic mass is 9.93. The summed E-state index contributed by atoms with van der Waals surface area (Å²) in [5, 5.41) is 30.1. The minimum atomic E-state index is -0.832. The maximum Gasteiger partial charge on any atom is 0.307 e. The lowest BCUT2D eigenvalue weighted by Crippen LogP contribution is -2.46. The summed E-state index contributed by atoms with van der Waals surface area (Å²) in [5.74, 6) is -0.832. The number of rotatable bonds is 7. The summed E-state index contributed by atoms with van der Waals surface area (Å²) in [7, 11) is 4.02. The Kier molecular flexibility index (Phi) is 9.89. The monoisotopic (exact) mass is 601 g/mol. The largest absolute Gasteiger partial charge is 0.481 e. The van der Waals surface area contributed by atoms with Crippen molar-refractivity contribution in [3.8, 4) is 11.1 Å². The Labute approximate surface area is 258 Å². The topological polar surface area (TPSA) is 113 Å². The van der Waals surface area contributed by atoms with Gasteiger partial charge in [0.2, 0.25) is 0 Å². The number of aryl methyl sites for hydroxylation is 2. The van der Waals surface area contributed by atoms with E-state index in [0.29, 0.717) is 0 Å². The summed E-state index contributed by atoms with van der Waals surface area (Å²) >= 11 is 1.65. The van der Waals surface area contributed by atoms with E-state index in [9.17, 15) is 9.90 Å². The van der Waals surface area contributed by atoms with Crippen LogP contribution >= 0.6 is 11.3 Å². The van der Waals surface area contributed by atoms with E-state index in [0.717, 1.165) is 68.5 Å². The molecule has 0 spiro atoms. The van der Waals surface area contributed by atoms with Crippen LogP contribution in [0.3, 0.4) is 0 Å². The Morgan fingerprint density at radius 1 is 1.14 bits per heavy atom. The van der Waals surface area contributed by atoms with Crippen molar-refractivity contribution >= 4 is 44.6 Å². The van der Waals surface area contributed by atoms with Gasteiger partial charge in [-0.15, -0.1) is 0 Å². The molecule has 5 rings (SSSR count). The molecule has 43 heavy (non-hydrogen) atoms. The normalized spacial score (nSPS) is 15.6. The van der Waals surface area contributed by atoms with Crippen molar-refractivity contribution in [3.05, 3.63) is 76.3 Å². The van der Waals surface area contributed by atoms with Gasteiger partial charge in [0.1, 0.15) is 0 Å². The van der Waals surface area contributed by atoms with Crippen LogP contribution in [0.1, 0.15) is 54.6 Å². The van der Waals surface area contributed by atoms with Crippen molar-refractivity contribution < 1.29 is 15.0 Å². The second-order valence-corrected chi connectivity index (χ2v) is 13.2. The molecule has 1 aliphatic rings. The standard InChI is InChI=1S/C30H33N5O2S.C4H10O/c1-18-5-7-20(8-6-18)28-23(15-27(36)37)19(2)13-25-29(28)38-30(33-25)35-12-11-34(4)26(17-35)21-9-10-24(32-3)22(14-21)16-31;1-4(2,3)5/h5-10,13-14,16,26,31-32H,11-12,15,17H2,1-4H3,(H,36,37);5H,1-3H3. The van der Waals surface area contributed by atoms with Gasteiger partial charge >= 0.3 is 5.97 Å². The smallest absolute Gasteiger partial charge is 0.307 e. The van der Waals surface area contributed by atoms with Crippen LogP contribution in [-0.2, 0) is 11.2 Å². The average molecular weight is 602 g/mol. The molecule has 4 aromatic rings. The summed E-state index contributed by atoms with van der Waals surface area (Å²) < 4.78 is 1.03. The van der Waals surface area contributed by atoms with Gasteiger partial charge in [0.15, 0.2) is 5.13 Å². The van der Waals surface area contributed by atoms with Crippen LogP contribution in [0.5, 0.6) is 0 Å². The zero-order valence-electron chi connectivity index (χ0n) is 26.2. The third-order valence-corrected chi connectivity index (χ3v) is 8.62. The molecule has 3 aromatic carbocycles. The molecule has 1 unspecified atom stereocenters. The van der Waals surface area contributed by atoms with Gasteiger partial charge in [-0.2, -0.15) is 0 Å². The Bertz CT molecular complexity index is 1600.